The monoisotopic (exact) mass is 576 g/mol. The van der Waals surface area contributed by atoms with Gasteiger partial charge in [-0.25, -0.2) is 4.79 Å². The molecule has 1 atom stereocenters. The topological polar surface area (TPSA) is 105 Å². The van der Waals surface area contributed by atoms with Crippen molar-refractivity contribution in [3.8, 4) is 5.75 Å². The van der Waals surface area contributed by atoms with Gasteiger partial charge in [0.15, 0.2) is 0 Å². The van der Waals surface area contributed by atoms with E-state index in [0.29, 0.717) is 34.5 Å². The fraction of sp³-hybridized carbons (Fsp3) is 0.0882. The molecule has 0 heterocycles. The minimum atomic E-state index is -1.10. The maximum absolute atomic E-state index is 13.5. The van der Waals surface area contributed by atoms with Crippen molar-refractivity contribution in [3.05, 3.63) is 132 Å². The fourth-order valence-electron chi connectivity index (χ4n) is 4.61. The summed E-state index contributed by atoms with van der Waals surface area (Å²) >= 11 is 1.39. The summed E-state index contributed by atoms with van der Waals surface area (Å²) in [6.45, 7) is 2.37. The van der Waals surface area contributed by atoms with E-state index in [2.05, 4.69) is 10.6 Å². The van der Waals surface area contributed by atoms with Gasteiger partial charge in [0.2, 0.25) is 5.91 Å². The number of carbonyl (C=O) groups is 3. The second-order valence-electron chi connectivity index (χ2n) is 9.32. The molecule has 1 unspecified atom stereocenters. The number of nitrogens with one attached hydrogen (secondary N) is 2. The molecule has 0 saturated carbocycles. The minimum Gasteiger partial charge on any atom is -0.492 e. The Morgan fingerprint density at radius 2 is 1.43 bits per heavy atom. The van der Waals surface area contributed by atoms with E-state index in [1.54, 1.807) is 42.5 Å². The van der Waals surface area contributed by atoms with Gasteiger partial charge in [0.05, 0.1) is 17.9 Å². The van der Waals surface area contributed by atoms with Crippen LogP contribution in [0.5, 0.6) is 5.75 Å². The maximum atomic E-state index is 13.5. The number of carboxylic acid groups (broad SMARTS) is 1. The van der Waals surface area contributed by atoms with Crippen LogP contribution in [0.25, 0.3) is 10.8 Å². The average Bonchev–Trinajstić information content (AvgIpc) is 3.01. The fourth-order valence-corrected chi connectivity index (χ4v) is 5.63. The van der Waals surface area contributed by atoms with Crippen LogP contribution < -0.4 is 15.4 Å². The number of carbonyl (C=O) groups excluding carboxylic acids is 2. The van der Waals surface area contributed by atoms with Crippen molar-refractivity contribution in [1.29, 1.82) is 0 Å². The standard InChI is InChI=1S/C34H28N2O5S/c1-2-41-29-17-7-6-16-28(29)36-33(38)31(23-10-4-3-5-11-23)42-25-20-18-24(19-21-25)35-32(37)26-14-8-12-22-13-9-15-27(30(22)26)34(39)40/h3-21,31H,2H2,1H3,(H,35,37)(H,36,38)(H,39,40). The van der Waals surface area contributed by atoms with Crippen LogP contribution in [0.2, 0.25) is 0 Å². The van der Waals surface area contributed by atoms with Gasteiger partial charge in [-0.05, 0) is 66.4 Å². The first-order valence-corrected chi connectivity index (χ1v) is 14.2. The van der Waals surface area contributed by atoms with Gasteiger partial charge in [0.1, 0.15) is 11.0 Å². The Morgan fingerprint density at radius 3 is 2.12 bits per heavy atom. The number of amides is 2. The Labute approximate surface area is 247 Å². The first kappa shape index (κ1) is 28.4. The van der Waals surface area contributed by atoms with Crippen LogP contribution in [0.15, 0.2) is 120 Å². The van der Waals surface area contributed by atoms with Crippen LogP contribution in [0, 0.1) is 0 Å². The molecule has 0 spiro atoms. The van der Waals surface area contributed by atoms with Crippen LogP contribution in [-0.2, 0) is 4.79 Å². The smallest absolute Gasteiger partial charge is 0.336 e. The molecule has 210 valence electrons. The van der Waals surface area contributed by atoms with E-state index < -0.39 is 17.1 Å². The second kappa shape index (κ2) is 13.1. The lowest BCUT2D eigenvalue weighted by atomic mass is 9.98. The Morgan fingerprint density at radius 1 is 0.762 bits per heavy atom. The molecule has 0 radical (unpaired) electrons. The molecule has 5 aromatic carbocycles. The van der Waals surface area contributed by atoms with Gasteiger partial charge >= 0.3 is 5.97 Å². The molecule has 7 nitrogen and oxygen atoms in total. The number of thioether (sulfide) groups is 1. The van der Waals surface area contributed by atoms with E-state index in [9.17, 15) is 19.5 Å². The number of aromatic carboxylic acids is 1. The number of rotatable bonds is 10. The Balaban J connectivity index is 1.35. The molecule has 0 aromatic heterocycles. The van der Waals surface area contributed by atoms with E-state index in [-0.39, 0.29) is 17.0 Å². The van der Waals surface area contributed by atoms with Crippen molar-refractivity contribution in [2.24, 2.45) is 0 Å². The van der Waals surface area contributed by atoms with Gasteiger partial charge in [0.25, 0.3) is 5.91 Å². The lowest BCUT2D eigenvalue weighted by Crippen LogP contribution is -2.19. The number of fused-ring (bicyclic) bond motifs is 1. The molecule has 0 aliphatic carbocycles. The number of benzene rings is 5. The predicted octanol–water partition coefficient (Wildman–Crippen LogP) is 7.66. The molecule has 5 aromatic rings. The minimum absolute atomic E-state index is 0.0686. The van der Waals surface area contributed by atoms with E-state index >= 15 is 0 Å². The van der Waals surface area contributed by atoms with Crippen molar-refractivity contribution in [2.45, 2.75) is 17.1 Å². The van der Waals surface area contributed by atoms with Crippen molar-refractivity contribution in [1.82, 2.24) is 0 Å². The van der Waals surface area contributed by atoms with Crippen LogP contribution >= 0.6 is 11.8 Å². The molecule has 0 saturated heterocycles. The number of para-hydroxylation sites is 2. The summed E-state index contributed by atoms with van der Waals surface area (Å²) in [5.41, 5.74) is 2.33. The zero-order valence-corrected chi connectivity index (χ0v) is 23.6. The summed E-state index contributed by atoms with van der Waals surface area (Å²) in [5, 5.41) is 16.0. The molecule has 8 heteroatoms. The molecular formula is C34H28N2O5S. The van der Waals surface area contributed by atoms with Crippen molar-refractivity contribution < 1.29 is 24.2 Å². The van der Waals surface area contributed by atoms with Crippen molar-refractivity contribution >= 4 is 51.7 Å². The summed E-state index contributed by atoms with van der Waals surface area (Å²) < 4.78 is 5.68. The number of hydrogen-bond acceptors (Lipinski definition) is 5. The van der Waals surface area contributed by atoms with Crippen LogP contribution in [0.4, 0.5) is 11.4 Å². The van der Waals surface area contributed by atoms with E-state index in [1.165, 1.54) is 17.8 Å². The lowest BCUT2D eigenvalue weighted by molar-refractivity contribution is -0.115. The zero-order valence-electron chi connectivity index (χ0n) is 22.7. The van der Waals surface area contributed by atoms with Crippen molar-refractivity contribution in [2.75, 3.05) is 17.2 Å². The summed E-state index contributed by atoms with van der Waals surface area (Å²) in [6, 6.07) is 34.1. The number of ether oxygens (including phenoxy) is 1. The Hall–Kier alpha value is -5.08. The number of carboxylic acids is 1. The summed E-state index contributed by atoms with van der Waals surface area (Å²) in [7, 11) is 0. The predicted molar refractivity (Wildman–Crippen MR) is 167 cm³/mol. The summed E-state index contributed by atoms with van der Waals surface area (Å²) in [6.07, 6.45) is 0. The number of hydrogen-bond donors (Lipinski definition) is 3. The molecule has 42 heavy (non-hydrogen) atoms. The third-order valence-electron chi connectivity index (χ3n) is 6.53. The molecule has 5 rings (SSSR count). The highest BCUT2D eigenvalue weighted by molar-refractivity contribution is 8.00. The Kier molecular flexibility index (Phi) is 8.84. The molecule has 0 aliphatic rings. The van der Waals surface area contributed by atoms with Crippen LogP contribution in [0.3, 0.4) is 0 Å². The second-order valence-corrected chi connectivity index (χ2v) is 10.5. The molecule has 0 fully saturated rings. The summed E-state index contributed by atoms with van der Waals surface area (Å²) in [4.78, 5) is 39.4. The van der Waals surface area contributed by atoms with Gasteiger partial charge in [-0.3, -0.25) is 9.59 Å². The van der Waals surface area contributed by atoms with Crippen LogP contribution in [-0.4, -0.2) is 29.5 Å². The summed E-state index contributed by atoms with van der Waals surface area (Å²) in [5.74, 6) is -1.10. The van der Waals surface area contributed by atoms with Gasteiger partial charge in [-0.2, -0.15) is 0 Å². The van der Waals surface area contributed by atoms with Crippen LogP contribution in [0.1, 0.15) is 38.5 Å². The molecule has 3 N–H and O–H groups in total. The maximum Gasteiger partial charge on any atom is 0.336 e. The largest absolute Gasteiger partial charge is 0.492 e. The first-order chi connectivity index (χ1) is 20.4. The van der Waals surface area contributed by atoms with Gasteiger partial charge < -0.3 is 20.5 Å². The quantitative estimate of drug-likeness (QED) is 0.147. The SMILES string of the molecule is CCOc1ccccc1NC(=O)C(Sc1ccc(NC(=O)c2cccc3cccc(C(=O)O)c23)cc1)c1ccccc1. The molecular weight excluding hydrogens is 548 g/mol. The highest BCUT2D eigenvalue weighted by Crippen LogP contribution is 2.37. The van der Waals surface area contributed by atoms with Gasteiger partial charge in [-0.1, -0.05) is 66.7 Å². The lowest BCUT2D eigenvalue weighted by Gasteiger charge is -2.19. The van der Waals surface area contributed by atoms with E-state index in [0.717, 1.165) is 10.5 Å². The molecule has 2 amide bonds. The first-order valence-electron chi connectivity index (χ1n) is 13.4. The van der Waals surface area contributed by atoms with Gasteiger partial charge in [-0.15, -0.1) is 11.8 Å². The third-order valence-corrected chi connectivity index (χ3v) is 7.80. The van der Waals surface area contributed by atoms with Crippen molar-refractivity contribution in [3.63, 3.8) is 0 Å². The highest BCUT2D eigenvalue weighted by atomic mass is 32.2. The third kappa shape index (κ3) is 6.45. The Bertz CT molecular complexity index is 1730. The average molecular weight is 577 g/mol. The number of anilines is 2. The zero-order chi connectivity index (χ0) is 29.5. The highest BCUT2D eigenvalue weighted by Gasteiger charge is 2.23. The van der Waals surface area contributed by atoms with E-state index in [1.807, 2.05) is 73.7 Å². The molecule has 0 aliphatic heterocycles. The molecule has 0 bridgehead atoms. The van der Waals surface area contributed by atoms with Gasteiger partial charge in [0, 0.05) is 21.5 Å². The van der Waals surface area contributed by atoms with E-state index in [4.69, 9.17) is 4.74 Å². The normalized spacial score (nSPS) is 11.5.